The molecule has 2 bridgehead atoms. The fraction of sp³-hybridized carbons (Fsp3) is 0.200. The lowest BCUT2D eigenvalue weighted by atomic mass is 9.71. The summed E-state index contributed by atoms with van der Waals surface area (Å²) >= 11 is 0. The molecule has 5 aliphatic heterocycles. The van der Waals surface area contributed by atoms with Gasteiger partial charge in [0.25, 0.3) is 0 Å². The molecule has 5 heterocycles. The topological polar surface area (TPSA) is 431 Å². The predicted octanol–water partition coefficient (Wildman–Crippen LogP) is 5.69. The zero-order valence-corrected chi connectivity index (χ0v) is 42.8. The summed E-state index contributed by atoms with van der Waals surface area (Å²) in [6.45, 7) is 0. The number of rotatable bonds is 6. The maximum Gasteiger partial charge on any atom is 0.305 e. The lowest BCUT2D eigenvalue weighted by molar-refractivity contribution is -0.219. The van der Waals surface area contributed by atoms with E-state index < -0.39 is 193 Å². The quantitative estimate of drug-likeness (QED) is 0.0889. The smallest absolute Gasteiger partial charge is 0.305 e. The zero-order chi connectivity index (χ0) is 59.4. The minimum absolute atomic E-state index is 0.0872. The van der Waals surface area contributed by atoms with Gasteiger partial charge in [0.05, 0.1) is 23.9 Å². The Labute approximate surface area is 471 Å². The van der Waals surface area contributed by atoms with Crippen molar-refractivity contribution in [3.63, 3.8) is 0 Å². The monoisotopic (exact) mass is 1150 g/mol. The number of ether oxygens (including phenoxy) is 5. The van der Waals surface area contributed by atoms with Crippen LogP contribution in [0.2, 0.25) is 0 Å². The van der Waals surface area contributed by atoms with Gasteiger partial charge in [0.1, 0.15) is 93.4 Å². The maximum atomic E-state index is 13.1. The van der Waals surface area contributed by atoms with E-state index in [0.29, 0.717) is 0 Å². The molecule has 11 atom stereocenters. The van der Waals surface area contributed by atoms with E-state index in [1.165, 1.54) is 24.3 Å². The molecule has 24 nitrogen and oxygen atoms in total. The molecule has 5 aliphatic rings. The van der Waals surface area contributed by atoms with Crippen LogP contribution in [0.15, 0.2) is 103 Å². The largest absolute Gasteiger partial charge is 0.508 e. The number of phenolic OH excluding ortho intramolecular Hbond substituents is 15. The first-order valence-electron chi connectivity index (χ1n) is 25.8. The van der Waals surface area contributed by atoms with Gasteiger partial charge >= 0.3 is 5.79 Å². The van der Waals surface area contributed by atoms with Crippen molar-refractivity contribution in [1.29, 1.82) is 0 Å². The molecular formula is C60H48O24. The molecule has 24 heteroatoms. The molecule has 0 spiro atoms. The molecule has 0 aromatic heterocycles. The van der Waals surface area contributed by atoms with Crippen LogP contribution >= 0.6 is 0 Å². The van der Waals surface area contributed by atoms with Gasteiger partial charge in [-0.1, -0.05) is 18.2 Å². The van der Waals surface area contributed by atoms with Crippen molar-refractivity contribution in [3.8, 4) is 115 Å². The normalized spacial score (nSPS) is 25.1. The number of aliphatic hydroxyl groups is 4. The van der Waals surface area contributed by atoms with Crippen molar-refractivity contribution < 1.29 is 121 Å². The lowest BCUT2D eigenvalue weighted by Crippen LogP contribution is -2.57. The summed E-state index contributed by atoms with van der Waals surface area (Å²) < 4.78 is 32.7. The van der Waals surface area contributed by atoms with Crippen LogP contribution in [0.1, 0.15) is 97.3 Å². The van der Waals surface area contributed by atoms with E-state index in [9.17, 15) is 97.0 Å². The van der Waals surface area contributed by atoms with Crippen molar-refractivity contribution in [2.45, 2.75) is 72.7 Å². The predicted molar refractivity (Wildman–Crippen MR) is 283 cm³/mol. The van der Waals surface area contributed by atoms with Crippen LogP contribution in [0.4, 0.5) is 0 Å². The average molecular weight is 1150 g/mol. The Morgan fingerprint density at radius 3 is 1.24 bits per heavy atom. The zero-order valence-electron chi connectivity index (χ0n) is 42.8. The number of aliphatic hydroxyl groups excluding tert-OH is 4. The Morgan fingerprint density at radius 1 is 0.333 bits per heavy atom. The molecular weight excluding hydrogens is 1100 g/mol. The van der Waals surface area contributed by atoms with Gasteiger partial charge in [0.15, 0.2) is 58.2 Å². The molecule has 13 rings (SSSR count). The summed E-state index contributed by atoms with van der Waals surface area (Å²) in [6, 6.07) is 18.2. The average Bonchev–Trinajstić information content (AvgIpc) is 0.881. The second-order valence-corrected chi connectivity index (χ2v) is 21.2. The van der Waals surface area contributed by atoms with E-state index in [1.807, 2.05) is 0 Å². The third kappa shape index (κ3) is 7.68. The van der Waals surface area contributed by atoms with Gasteiger partial charge in [-0.3, -0.25) is 0 Å². The molecule has 0 aliphatic carbocycles. The first-order chi connectivity index (χ1) is 40.0. The van der Waals surface area contributed by atoms with Crippen LogP contribution in [0.5, 0.6) is 115 Å². The molecule has 19 N–H and O–H groups in total. The highest BCUT2D eigenvalue weighted by atomic mass is 16.7. The van der Waals surface area contributed by atoms with E-state index >= 15 is 0 Å². The highest BCUT2D eigenvalue weighted by molar-refractivity contribution is 5.74. The summed E-state index contributed by atoms with van der Waals surface area (Å²) in [5.74, 6) is -20.1. The molecule has 84 heavy (non-hydrogen) atoms. The van der Waals surface area contributed by atoms with E-state index in [0.717, 1.165) is 78.9 Å². The summed E-state index contributed by atoms with van der Waals surface area (Å²) in [5.41, 5.74) is -2.64. The molecule has 8 aromatic carbocycles. The van der Waals surface area contributed by atoms with Crippen molar-refractivity contribution in [3.05, 3.63) is 164 Å². The summed E-state index contributed by atoms with van der Waals surface area (Å²) in [6.07, 6.45) is -13.0. The fourth-order valence-electron chi connectivity index (χ4n) is 12.6. The van der Waals surface area contributed by atoms with Crippen molar-refractivity contribution in [2.24, 2.45) is 0 Å². The molecule has 432 valence electrons. The first kappa shape index (κ1) is 52.9. The van der Waals surface area contributed by atoms with Crippen LogP contribution in [0, 0.1) is 0 Å². The Bertz CT molecular complexity index is 4110. The summed E-state index contributed by atoms with van der Waals surface area (Å²) in [4.78, 5) is 0. The van der Waals surface area contributed by atoms with Crippen LogP contribution in [0.3, 0.4) is 0 Å². The number of benzene rings is 8. The molecule has 0 fully saturated rings. The molecule has 0 saturated carbocycles. The minimum Gasteiger partial charge on any atom is -0.508 e. The summed E-state index contributed by atoms with van der Waals surface area (Å²) in [5, 5.41) is 218. The van der Waals surface area contributed by atoms with Gasteiger partial charge in [0, 0.05) is 81.3 Å². The molecule has 11 unspecified atom stereocenters. The number of hydrogen-bond acceptors (Lipinski definition) is 24. The Hall–Kier alpha value is -10.4. The lowest BCUT2D eigenvalue weighted by Gasteiger charge is -2.51. The fourth-order valence-corrected chi connectivity index (χ4v) is 12.6. The van der Waals surface area contributed by atoms with Gasteiger partial charge in [-0.25, -0.2) is 0 Å². The Kier molecular flexibility index (Phi) is 11.7. The van der Waals surface area contributed by atoms with Crippen molar-refractivity contribution in [1.82, 2.24) is 0 Å². The standard InChI is InChI=1S/C60H48O24/c61-23-13-34(71)42-40(14-23)83-60(22-4-8-28(65)33(70)12-22)59(79)50(42)47-41(84-60)18-38(75)46-49(52(78)55(82-58(46)47)21-3-7-27(64)32(69)11-21)45-37(74)17-36(73)44-48(51(77)54(81-57(44)45)20-2-6-26(63)31(68)10-20)43-35(72)16-29(66)24-15-39(76)53(80-56(24)43)19-1-5-25(62)30(67)9-19/h1-14,16-18,39,48-55,59,61-79H,15H2. The summed E-state index contributed by atoms with van der Waals surface area (Å²) in [7, 11) is 0. The van der Waals surface area contributed by atoms with E-state index in [-0.39, 0.29) is 56.2 Å². The van der Waals surface area contributed by atoms with Crippen molar-refractivity contribution in [2.75, 3.05) is 0 Å². The Balaban J connectivity index is 1.09. The van der Waals surface area contributed by atoms with Gasteiger partial charge < -0.3 is 121 Å². The number of aromatic hydroxyl groups is 15. The van der Waals surface area contributed by atoms with Gasteiger partial charge in [-0.15, -0.1) is 0 Å². The van der Waals surface area contributed by atoms with Gasteiger partial charge in [-0.05, 0) is 71.3 Å². The highest BCUT2D eigenvalue weighted by Crippen LogP contribution is 2.67. The van der Waals surface area contributed by atoms with Crippen LogP contribution in [-0.4, -0.2) is 121 Å². The molecule has 0 radical (unpaired) electrons. The van der Waals surface area contributed by atoms with E-state index in [2.05, 4.69) is 0 Å². The van der Waals surface area contributed by atoms with Crippen molar-refractivity contribution >= 4 is 0 Å². The first-order valence-corrected chi connectivity index (χ1v) is 25.8. The second-order valence-electron chi connectivity index (χ2n) is 21.2. The third-order valence-electron chi connectivity index (χ3n) is 16.4. The third-order valence-corrected chi connectivity index (χ3v) is 16.4. The minimum atomic E-state index is -2.44. The second kappa shape index (κ2) is 18.6. The van der Waals surface area contributed by atoms with Crippen LogP contribution in [-0.2, 0) is 12.2 Å². The molecule has 0 amide bonds. The van der Waals surface area contributed by atoms with Gasteiger partial charge in [0.2, 0.25) is 0 Å². The SMILES string of the molecule is Oc1cc(O)c2c(c1)OC1(c3ccc(O)c(O)c3)Oc3cc(O)c4c(c3C2C1O)OC(c1ccc(O)c(O)c1)C(O)C4c1c(O)cc(O)c2c1OC(c1ccc(O)c(O)c1)C(O)C2c1c(O)cc(O)c2c1OC(c1ccc(O)c(O)c1)C(O)C2. The van der Waals surface area contributed by atoms with Crippen LogP contribution < -0.4 is 23.7 Å². The van der Waals surface area contributed by atoms with Crippen LogP contribution in [0.25, 0.3) is 0 Å². The maximum absolute atomic E-state index is 13.1. The van der Waals surface area contributed by atoms with Gasteiger partial charge in [-0.2, -0.15) is 0 Å². The van der Waals surface area contributed by atoms with E-state index in [1.54, 1.807) is 0 Å². The number of phenols is 15. The number of fused-ring (bicyclic) bond motifs is 10. The molecule has 0 saturated heterocycles. The van der Waals surface area contributed by atoms with E-state index in [4.69, 9.17) is 23.7 Å². The Morgan fingerprint density at radius 2 is 0.738 bits per heavy atom. The highest BCUT2D eigenvalue weighted by Gasteiger charge is 2.61. The molecule has 8 aromatic rings. The number of hydrogen-bond donors (Lipinski definition) is 19.